The fourth-order valence-electron chi connectivity index (χ4n) is 3.36. The standard InChI is InChI=1S/C27H41NO10/c1-7-22(29)36-15-18(6)23(24(28)25(30)31)19-8-9-20(37-26(32)34-12-10-16(2)3)21(14-19)38-27(33)35-13-11-17(4)5/h8-9,14,16-18,23-24H,7,10-13,15,28H2,1-6H3,(H,30,31)/t18?,23?,24-/m0/s1. The van der Waals surface area contributed by atoms with Crippen LogP contribution in [0.25, 0.3) is 0 Å². The number of carboxylic acid groups (broad SMARTS) is 1. The van der Waals surface area contributed by atoms with Crippen LogP contribution in [0.1, 0.15) is 72.3 Å². The van der Waals surface area contributed by atoms with E-state index in [1.54, 1.807) is 13.8 Å². The topological polar surface area (TPSA) is 161 Å². The quantitative estimate of drug-likeness (QED) is 0.177. The highest BCUT2D eigenvalue weighted by Crippen LogP contribution is 2.36. The predicted octanol–water partition coefficient (Wildman–Crippen LogP) is 4.89. The van der Waals surface area contributed by atoms with Crippen LogP contribution in [0.4, 0.5) is 9.59 Å². The molecule has 3 atom stereocenters. The van der Waals surface area contributed by atoms with Crippen LogP contribution in [0, 0.1) is 17.8 Å². The first-order valence-electron chi connectivity index (χ1n) is 12.8. The van der Waals surface area contributed by atoms with Crippen molar-refractivity contribution < 1.29 is 48.0 Å². The Bertz CT molecular complexity index is 930. The minimum atomic E-state index is -1.37. The van der Waals surface area contributed by atoms with Gasteiger partial charge in [0.25, 0.3) is 0 Å². The fourth-order valence-corrected chi connectivity index (χ4v) is 3.36. The van der Waals surface area contributed by atoms with Crippen molar-refractivity contribution in [2.45, 2.75) is 72.8 Å². The van der Waals surface area contributed by atoms with Gasteiger partial charge in [-0.2, -0.15) is 0 Å². The van der Waals surface area contributed by atoms with Crippen molar-refractivity contribution in [1.29, 1.82) is 0 Å². The Hall–Kier alpha value is -3.34. The van der Waals surface area contributed by atoms with Crippen LogP contribution >= 0.6 is 0 Å². The van der Waals surface area contributed by atoms with E-state index in [1.165, 1.54) is 18.2 Å². The Balaban J connectivity index is 3.28. The van der Waals surface area contributed by atoms with Gasteiger partial charge in [0.1, 0.15) is 6.04 Å². The number of aliphatic carboxylic acids is 1. The molecule has 214 valence electrons. The van der Waals surface area contributed by atoms with Gasteiger partial charge in [-0.3, -0.25) is 9.59 Å². The zero-order valence-electron chi connectivity index (χ0n) is 23.1. The van der Waals surface area contributed by atoms with Crippen LogP contribution in [-0.4, -0.2) is 55.2 Å². The molecule has 0 saturated carbocycles. The summed E-state index contributed by atoms with van der Waals surface area (Å²) in [7, 11) is 0. The summed E-state index contributed by atoms with van der Waals surface area (Å²) in [6.07, 6.45) is -0.600. The Labute approximate surface area is 223 Å². The molecule has 0 heterocycles. The molecule has 0 spiro atoms. The number of carbonyl (C=O) groups excluding carboxylic acids is 3. The van der Waals surface area contributed by atoms with E-state index < -0.39 is 42.1 Å². The van der Waals surface area contributed by atoms with Crippen LogP contribution < -0.4 is 15.2 Å². The van der Waals surface area contributed by atoms with E-state index >= 15 is 0 Å². The van der Waals surface area contributed by atoms with Gasteiger partial charge in [0.15, 0.2) is 11.5 Å². The van der Waals surface area contributed by atoms with Crippen molar-refractivity contribution in [1.82, 2.24) is 0 Å². The number of hydrogen-bond acceptors (Lipinski definition) is 10. The van der Waals surface area contributed by atoms with Crippen LogP contribution in [0.3, 0.4) is 0 Å². The van der Waals surface area contributed by atoms with Gasteiger partial charge in [0, 0.05) is 12.3 Å². The van der Waals surface area contributed by atoms with Crippen LogP contribution in [0.15, 0.2) is 18.2 Å². The molecule has 1 rings (SSSR count). The number of ether oxygens (including phenoxy) is 5. The molecule has 0 radical (unpaired) electrons. The van der Waals surface area contributed by atoms with Gasteiger partial charge < -0.3 is 34.5 Å². The van der Waals surface area contributed by atoms with Crippen molar-refractivity contribution >= 4 is 24.2 Å². The summed E-state index contributed by atoms with van der Waals surface area (Å²) in [5.41, 5.74) is 6.36. The molecule has 0 aliphatic carbocycles. The molecule has 0 aliphatic heterocycles. The Morgan fingerprint density at radius 3 is 1.84 bits per heavy atom. The molecular formula is C27H41NO10. The van der Waals surface area contributed by atoms with Crippen LogP contribution in [0.5, 0.6) is 11.5 Å². The highest BCUT2D eigenvalue weighted by Gasteiger charge is 2.33. The molecule has 11 heteroatoms. The second kappa shape index (κ2) is 16.5. The summed E-state index contributed by atoms with van der Waals surface area (Å²) < 4.78 is 26.0. The lowest BCUT2D eigenvalue weighted by Gasteiger charge is -2.28. The largest absolute Gasteiger partial charge is 0.513 e. The molecule has 11 nitrogen and oxygen atoms in total. The Morgan fingerprint density at radius 2 is 1.37 bits per heavy atom. The zero-order chi connectivity index (χ0) is 28.8. The monoisotopic (exact) mass is 539 g/mol. The van der Waals surface area contributed by atoms with E-state index in [-0.39, 0.29) is 37.7 Å². The van der Waals surface area contributed by atoms with E-state index in [1.807, 2.05) is 27.7 Å². The maximum Gasteiger partial charge on any atom is 0.513 e. The number of carboxylic acids is 1. The lowest BCUT2D eigenvalue weighted by molar-refractivity contribution is -0.145. The van der Waals surface area contributed by atoms with E-state index in [4.69, 9.17) is 29.4 Å². The van der Waals surface area contributed by atoms with Crippen molar-refractivity contribution in [3.05, 3.63) is 23.8 Å². The molecule has 3 N–H and O–H groups in total. The Morgan fingerprint density at radius 1 is 0.842 bits per heavy atom. The summed E-state index contributed by atoms with van der Waals surface area (Å²) in [4.78, 5) is 48.0. The molecule has 0 aromatic heterocycles. The number of esters is 1. The predicted molar refractivity (Wildman–Crippen MR) is 138 cm³/mol. The fraction of sp³-hybridized carbons (Fsp3) is 0.630. The van der Waals surface area contributed by atoms with Crippen LogP contribution in [0.2, 0.25) is 0 Å². The molecule has 0 fully saturated rings. The SMILES string of the molecule is CCC(=O)OCC(C)C(c1ccc(OC(=O)OCCC(C)C)c(OC(=O)OCCC(C)C)c1)[C@H](N)C(=O)O. The summed E-state index contributed by atoms with van der Waals surface area (Å²) in [5.74, 6) is -2.77. The first-order valence-corrected chi connectivity index (χ1v) is 12.8. The zero-order valence-corrected chi connectivity index (χ0v) is 23.1. The smallest absolute Gasteiger partial charge is 0.480 e. The first-order chi connectivity index (χ1) is 17.8. The normalized spacial score (nSPS) is 13.4. The number of carbonyl (C=O) groups is 4. The van der Waals surface area contributed by atoms with E-state index in [0.717, 1.165) is 0 Å². The van der Waals surface area contributed by atoms with Crippen molar-refractivity contribution in [2.75, 3.05) is 19.8 Å². The lowest BCUT2D eigenvalue weighted by Crippen LogP contribution is -2.40. The Kier molecular flexibility index (Phi) is 14.2. The third kappa shape index (κ3) is 11.8. The minimum Gasteiger partial charge on any atom is -0.480 e. The average Bonchev–Trinajstić information content (AvgIpc) is 2.83. The molecule has 0 saturated heterocycles. The lowest BCUT2D eigenvalue weighted by atomic mass is 9.82. The molecule has 38 heavy (non-hydrogen) atoms. The number of hydrogen-bond donors (Lipinski definition) is 2. The number of nitrogens with two attached hydrogens (primary N) is 1. The second-order valence-corrected chi connectivity index (χ2v) is 9.88. The van der Waals surface area contributed by atoms with Gasteiger partial charge in [0.2, 0.25) is 0 Å². The van der Waals surface area contributed by atoms with Gasteiger partial charge in [-0.25, -0.2) is 9.59 Å². The van der Waals surface area contributed by atoms with Gasteiger partial charge >= 0.3 is 24.2 Å². The maximum atomic E-state index is 12.4. The van der Waals surface area contributed by atoms with Gasteiger partial charge in [-0.05, 0) is 48.3 Å². The third-order valence-corrected chi connectivity index (χ3v) is 5.65. The summed E-state index contributed by atoms with van der Waals surface area (Å²) in [6, 6.07) is 2.83. The minimum absolute atomic E-state index is 0.0772. The van der Waals surface area contributed by atoms with E-state index in [9.17, 15) is 24.3 Å². The number of benzene rings is 1. The second-order valence-electron chi connectivity index (χ2n) is 9.88. The van der Waals surface area contributed by atoms with Crippen LogP contribution in [-0.2, 0) is 23.8 Å². The summed E-state index contributed by atoms with van der Waals surface area (Å²) in [5, 5.41) is 9.61. The summed E-state index contributed by atoms with van der Waals surface area (Å²) in [6.45, 7) is 11.4. The average molecular weight is 540 g/mol. The van der Waals surface area contributed by atoms with E-state index in [0.29, 0.717) is 30.2 Å². The molecule has 0 bridgehead atoms. The van der Waals surface area contributed by atoms with Gasteiger partial charge in [-0.15, -0.1) is 0 Å². The maximum absolute atomic E-state index is 12.4. The highest BCUT2D eigenvalue weighted by atomic mass is 16.7. The molecule has 0 amide bonds. The molecule has 2 unspecified atom stereocenters. The van der Waals surface area contributed by atoms with E-state index in [2.05, 4.69) is 0 Å². The van der Waals surface area contributed by atoms with Crippen molar-refractivity contribution in [3.8, 4) is 11.5 Å². The first kappa shape index (κ1) is 32.7. The number of rotatable bonds is 15. The molecule has 1 aromatic rings. The molecule has 0 aliphatic rings. The van der Waals surface area contributed by atoms with Gasteiger partial charge in [-0.1, -0.05) is 47.6 Å². The highest BCUT2D eigenvalue weighted by molar-refractivity contribution is 5.75. The molecule has 1 aromatic carbocycles. The third-order valence-electron chi connectivity index (χ3n) is 5.65. The summed E-state index contributed by atoms with van der Waals surface area (Å²) >= 11 is 0. The van der Waals surface area contributed by atoms with Crippen molar-refractivity contribution in [3.63, 3.8) is 0 Å². The molecular weight excluding hydrogens is 498 g/mol. The van der Waals surface area contributed by atoms with Gasteiger partial charge in [0.05, 0.1) is 19.8 Å². The van der Waals surface area contributed by atoms with Crippen molar-refractivity contribution in [2.24, 2.45) is 23.5 Å².